The highest BCUT2D eigenvalue weighted by Crippen LogP contribution is 2.07. The van der Waals surface area contributed by atoms with Gasteiger partial charge in [-0.25, -0.2) is 0 Å². The molecule has 0 aliphatic carbocycles. The fourth-order valence-electron chi connectivity index (χ4n) is 1.45. The number of rotatable bonds is 10. The van der Waals surface area contributed by atoms with Crippen LogP contribution in [0.3, 0.4) is 0 Å². The minimum Gasteiger partial charge on any atom is -0.395 e. The largest absolute Gasteiger partial charge is 0.395 e. The summed E-state index contributed by atoms with van der Waals surface area (Å²) in [7, 11) is 1.84. The minimum atomic E-state index is 0.0723. The van der Waals surface area contributed by atoms with Gasteiger partial charge in [0.2, 0.25) is 0 Å². The molecule has 92 valence electrons. The Labute approximate surface area is 94.2 Å². The van der Waals surface area contributed by atoms with E-state index in [9.17, 15) is 0 Å². The number of ether oxygens (including phenoxy) is 1. The molecule has 0 spiro atoms. The van der Waals surface area contributed by atoms with Crippen molar-refractivity contribution < 1.29 is 9.84 Å². The van der Waals surface area contributed by atoms with Gasteiger partial charge in [0.15, 0.2) is 0 Å². The summed E-state index contributed by atoms with van der Waals surface area (Å²) in [5, 5.41) is 12.0. The van der Waals surface area contributed by atoms with E-state index in [0.29, 0.717) is 12.7 Å². The van der Waals surface area contributed by atoms with Crippen LogP contribution in [0.2, 0.25) is 0 Å². The fourth-order valence-corrected chi connectivity index (χ4v) is 1.45. The first-order valence-electron chi connectivity index (χ1n) is 6.14. The molecule has 3 nitrogen and oxygen atoms in total. The zero-order chi connectivity index (χ0) is 11.5. The first-order chi connectivity index (χ1) is 7.24. The highest BCUT2D eigenvalue weighted by molar-refractivity contribution is 4.62. The molecule has 0 rings (SSSR count). The van der Waals surface area contributed by atoms with Crippen LogP contribution >= 0.6 is 0 Å². The number of aliphatic hydroxyl groups is 1. The molecular formula is C12H27NO2. The van der Waals surface area contributed by atoms with E-state index in [4.69, 9.17) is 9.84 Å². The lowest BCUT2D eigenvalue weighted by molar-refractivity contribution is 0.0331. The molecule has 0 aromatic carbocycles. The highest BCUT2D eigenvalue weighted by atomic mass is 16.5. The Balaban J connectivity index is 3.35. The molecule has 2 atom stereocenters. The van der Waals surface area contributed by atoms with Gasteiger partial charge in [-0.05, 0) is 20.4 Å². The SMILES string of the molecule is CCCCCCC(C)OCC(CO)NC. The lowest BCUT2D eigenvalue weighted by Crippen LogP contribution is -2.35. The molecule has 0 aromatic rings. The van der Waals surface area contributed by atoms with Gasteiger partial charge in [0.25, 0.3) is 0 Å². The van der Waals surface area contributed by atoms with Gasteiger partial charge in [-0.3, -0.25) is 0 Å². The van der Waals surface area contributed by atoms with E-state index in [2.05, 4.69) is 19.2 Å². The van der Waals surface area contributed by atoms with Crippen LogP contribution in [0.5, 0.6) is 0 Å². The van der Waals surface area contributed by atoms with Crippen molar-refractivity contribution in [3.8, 4) is 0 Å². The summed E-state index contributed by atoms with van der Waals surface area (Å²) in [6.45, 7) is 5.07. The number of hydrogen-bond acceptors (Lipinski definition) is 3. The van der Waals surface area contributed by atoms with E-state index in [1.165, 1.54) is 25.7 Å². The molecule has 0 heterocycles. The van der Waals surface area contributed by atoms with Crippen LogP contribution in [-0.4, -0.2) is 37.5 Å². The van der Waals surface area contributed by atoms with E-state index < -0.39 is 0 Å². The van der Waals surface area contributed by atoms with E-state index in [-0.39, 0.29) is 12.6 Å². The molecule has 0 bridgehead atoms. The quantitative estimate of drug-likeness (QED) is 0.550. The summed E-state index contributed by atoms with van der Waals surface area (Å²) in [4.78, 5) is 0. The third kappa shape index (κ3) is 8.85. The predicted octanol–water partition coefficient (Wildman–Crippen LogP) is 1.94. The maximum Gasteiger partial charge on any atom is 0.0645 e. The van der Waals surface area contributed by atoms with Crippen LogP contribution in [0, 0.1) is 0 Å². The Hall–Kier alpha value is -0.120. The number of unbranched alkanes of at least 4 members (excludes halogenated alkanes) is 3. The molecule has 0 aromatic heterocycles. The average Bonchev–Trinajstić information content (AvgIpc) is 2.26. The Morgan fingerprint density at radius 2 is 2.00 bits per heavy atom. The smallest absolute Gasteiger partial charge is 0.0645 e. The predicted molar refractivity (Wildman–Crippen MR) is 64.1 cm³/mol. The van der Waals surface area contributed by atoms with Gasteiger partial charge in [0.1, 0.15) is 0 Å². The number of aliphatic hydroxyl groups excluding tert-OH is 1. The molecule has 3 heteroatoms. The van der Waals surface area contributed by atoms with Crippen molar-refractivity contribution >= 4 is 0 Å². The number of hydrogen-bond donors (Lipinski definition) is 2. The third-order valence-electron chi connectivity index (χ3n) is 2.67. The Bertz CT molecular complexity index is 127. The van der Waals surface area contributed by atoms with E-state index in [0.717, 1.165) is 6.42 Å². The lowest BCUT2D eigenvalue weighted by atomic mass is 10.1. The Morgan fingerprint density at radius 3 is 2.53 bits per heavy atom. The standard InChI is InChI=1S/C12H27NO2/c1-4-5-6-7-8-11(2)15-10-12(9-14)13-3/h11-14H,4-10H2,1-3H3. The summed E-state index contributed by atoms with van der Waals surface area (Å²) >= 11 is 0. The van der Waals surface area contributed by atoms with Crippen LogP contribution in [0.4, 0.5) is 0 Å². The van der Waals surface area contributed by atoms with Crippen LogP contribution in [-0.2, 0) is 4.74 Å². The molecule has 0 saturated carbocycles. The average molecular weight is 217 g/mol. The molecule has 0 radical (unpaired) electrons. The number of nitrogens with one attached hydrogen (secondary N) is 1. The van der Waals surface area contributed by atoms with Crippen LogP contribution in [0.25, 0.3) is 0 Å². The van der Waals surface area contributed by atoms with Crippen LogP contribution in [0.15, 0.2) is 0 Å². The summed E-state index contributed by atoms with van der Waals surface area (Å²) in [6, 6.07) is 0.0723. The van der Waals surface area contributed by atoms with Crippen molar-refractivity contribution in [3.05, 3.63) is 0 Å². The van der Waals surface area contributed by atoms with E-state index in [1.807, 2.05) is 7.05 Å². The molecule has 2 N–H and O–H groups in total. The maximum absolute atomic E-state index is 8.94. The van der Waals surface area contributed by atoms with Crippen LogP contribution < -0.4 is 5.32 Å². The van der Waals surface area contributed by atoms with Crippen molar-refractivity contribution in [2.24, 2.45) is 0 Å². The van der Waals surface area contributed by atoms with Gasteiger partial charge in [-0.1, -0.05) is 32.6 Å². The second kappa shape index (κ2) is 10.4. The zero-order valence-electron chi connectivity index (χ0n) is 10.5. The van der Waals surface area contributed by atoms with Crippen molar-refractivity contribution in [2.75, 3.05) is 20.3 Å². The van der Waals surface area contributed by atoms with Crippen LogP contribution in [0.1, 0.15) is 46.0 Å². The fraction of sp³-hybridized carbons (Fsp3) is 1.00. The first kappa shape index (κ1) is 14.9. The maximum atomic E-state index is 8.94. The monoisotopic (exact) mass is 217 g/mol. The second-order valence-corrected chi connectivity index (χ2v) is 4.16. The molecule has 0 amide bonds. The summed E-state index contributed by atoms with van der Waals surface area (Å²) in [5.41, 5.74) is 0. The van der Waals surface area contributed by atoms with E-state index in [1.54, 1.807) is 0 Å². The topological polar surface area (TPSA) is 41.5 Å². The van der Waals surface area contributed by atoms with Crippen molar-refractivity contribution in [1.82, 2.24) is 5.32 Å². The van der Waals surface area contributed by atoms with Gasteiger partial charge < -0.3 is 15.2 Å². The molecule has 15 heavy (non-hydrogen) atoms. The first-order valence-corrected chi connectivity index (χ1v) is 6.14. The minimum absolute atomic E-state index is 0.0723. The summed E-state index contributed by atoms with van der Waals surface area (Å²) in [6.07, 6.45) is 6.59. The third-order valence-corrected chi connectivity index (χ3v) is 2.67. The van der Waals surface area contributed by atoms with E-state index >= 15 is 0 Å². The van der Waals surface area contributed by atoms with Gasteiger partial charge in [-0.15, -0.1) is 0 Å². The van der Waals surface area contributed by atoms with Crippen molar-refractivity contribution in [2.45, 2.75) is 58.1 Å². The molecule has 0 fully saturated rings. The van der Waals surface area contributed by atoms with Crippen molar-refractivity contribution in [1.29, 1.82) is 0 Å². The molecule has 0 aliphatic rings. The normalized spacial score (nSPS) is 15.2. The van der Waals surface area contributed by atoms with Gasteiger partial charge >= 0.3 is 0 Å². The molecule has 0 saturated heterocycles. The second-order valence-electron chi connectivity index (χ2n) is 4.16. The Kier molecular flexibility index (Phi) is 10.3. The zero-order valence-corrected chi connectivity index (χ0v) is 10.5. The van der Waals surface area contributed by atoms with Crippen molar-refractivity contribution in [3.63, 3.8) is 0 Å². The van der Waals surface area contributed by atoms with Gasteiger partial charge in [0, 0.05) is 0 Å². The summed E-state index contributed by atoms with van der Waals surface area (Å²) < 4.78 is 5.64. The number of likely N-dealkylation sites (N-methyl/N-ethyl adjacent to an activating group) is 1. The molecular weight excluding hydrogens is 190 g/mol. The Morgan fingerprint density at radius 1 is 1.27 bits per heavy atom. The highest BCUT2D eigenvalue weighted by Gasteiger charge is 2.07. The molecule has 2 unspecified atom stereocenters. The lowest BCUT2D eigenvalue weighted by Gasteiger charge is -2.17. The van der Waals surface area contributed by atoms with Gasteiger partial charge in [0.05, 0.1) is 25.4 Å². The molecule has 0 aliphatic heterocycles. The summed E-state index contributed by atoms with van der Waals surface area (Å²) in [5.74, 6) is 0. The van der Waals surface area contributed by atoms with Gasteiger partial charge in [-0.2, -0.15) is 0 Å².